The quantitative estimate of drug-likeness (QED) is 0.661. The first kappa shape index (κ1) is 21.4. The van der Waals surface area contributed by atoms with Crippen molar-refractivity contribution in [2.24, 2.45) is 0 Å². The molecule has 0 atom stereocenters. The number of amides is 1. The molecule has 2 heterocycles. The molecule has 4 rings (SSSR count). The van der Waals surface area contributed by atoms with Gasteiger partial charge in [0.1, 0.15) is 4.90 Å². The second kappa shape index (κ2) is 8.01. The van der Waals surface area contributed by atoms with E-state index in [1.165, 1.54) is 0 Å². The average molecular weight is 443 g/mol. The Kier molecular flexibility index (Phi) is 5.53. The van der Waals surface area contributed by atoms with Crippen LogP contribution in [0.4, 0.5) is 5.69 Å². The number of anilines is 1. The highest BCUT2D eigenvalue weighted by molar-refractivity contribution is 7.93. The van der Waals surface area contributed by atoms with E-state index in [4.69, 9.17) is 9.15 Å². The van der Waals surface area contributed by atoms with Crippen LogP contribution in [0.15, 0.2) is 39.6 Å². The van der Waals surface area contributed by atoms with E-state index in [0.29, 0.717) is 48.5 Å². The van der Waals surface area contributed by atoms with Crippen LogP contribution in [0, 0.1) is 27.7 Å². The number of nitrogens with one attached hydrogen (secondary N) is 1. The van der Waals surface area contributed by atoms with E-state index in [-0.39, 0.29) is 22.1 Å². The van der Waals surface area contributed by atoms with E-state index in [0.717, 1.165) is 11.1 Å². The van der Waals surface area contributed by atoms with Gasteiger partial charge in [0.15, 0.2) is 11.3 Å². The highest BCUT2D eigenvalue weighted by Gasteiger charge is 2.30. The lowest BCUT2D eigenvalue weighted by atomic mass is 10.0. The van der Waals surface area contributed by atoms with Gasteiger partial charge in [-0.25, -0.2) is 8.42 Å². The number of benzene rings is 2. The van der Waals surface area contributed by atoms with Gasteiger partial charge in [0.25, 0.3) is 15.9 Å². The molecule has 1 amide bonds. The van der Waals surface area contributed by atoms with Gasteiger partial charge in [0.2, 0.25) is 0 Å². The van der Waals surface area contributed by atoms with Crippen molar-refractivity contribution < 1.29 is 22.4 Å². The first-order valence-electron chi connectivity index (χ1n) is 10.2. The fourth-order valence-electron chi connectivity index (χ4n) is 3.81. The third-order valence-electron chi connectivity index (χ3n) is 5.76. The Bertz CT molecular complexity index is 1250. The number of nitrogens with zero attached hydrogens (tertiary/aromatic N) is 1. The van der Waals surface area contributed by atoms with Gasteiger partial charge < -0.3 is 14.1 Å². The van der Waals surface area contributed by atoms with Crippen molar-refractivity contribution in [3.8, 4) is 0 Å². The number of rotatable bonds is 4. The monoisotopic (exact) mass is 442 g/mol. The number of morpholine rings is 1. The largest absolute Gasteiger partial charge is 0.449 e. The van der Waals surface area contributed by atoms with Crippen LogP contribution < -0.4 is 4.72 Å². The smallest absolute Gasteiger partial charge is 0.290 e. The number of aryl methyl sites for hydroxylation is 3. The summed E-state index contributed by atoms with van der Waals surface area (Å²) >= 11 is 0. The molecule has 7 nitrogen and oxygen atoms in total. The van der Waals surface area contributed by atoms with Gasteiger partial charge in [-0.15, -0.1) is 0 Å². The average Bonchev–Trinajstić information content (AvgIpc) is 3.06. The molecule has 0 bridgehead atoms. The molecule has 1 saturated heterocycles. The molecule has 0 spiro atoms. The van der Waals surface area contributed by atoms with E-state index in [1.54, 1.807) is 30.9 Å². The van der Waals surface area contributed by atoms with Crippen LogP contribution in [-0.2, 0) is 14.8 Å². The molecular formula is C23H26N2O5S. The predicted octanol–water partition coefficient (Wildman–Crippen LogP) is 3.94. The minimum Gasteiger partial charge on any atom is -0.449 e. The Morgan fingerprint density at radius 3 is 2.29 bits per heavy atom. The number of ether oxygens (including phenoxy) is 1. The number of carbonyl (C=O) groups excluding carboxylic acids is 1. The Morgan fingerprint density at radius 1 is 1.00 bits per heavy atom. The lowest BCUT2D eigenvalue weighted by Crippen LogP contribution is -2.40. The lowest BCUT2D eigenvalue weighted by molar-refractivity contribution is 0.0283. The summed E-state index contributed by atoms with van der Waals surface area (Å²) in [6.07, 6.45) is 0. The van der Waals surface area contributed by atoms with E-state index in [2.05, 4.69) is 4.72 Å². The number of fused-ring (bicyclic) bond motifs is 1. The molecule has 164 valence electrons. The zero-order valence-corrected chi connectivity index (χ0v) is 18.9. The molecule has 0 saturated carbocycles. The summed E-state index contributed by atoms with van der Waals surface area (Å²) in [7, 11) is -3.95. The third kappa shape index (κ3) is 3.93. The Balaban J connectivity index is 1.83. The molecule has 1 aromatic heterocycles. The summed E-state index contributed by atoms with van der Waals surface area (Å²) in [6, 6.07) is 9.00. The van der Waals surface area contributed by atoms with Crippen molar-refractivity contribution in [2.45, 2.75) is 32.6 Å². The molecule has 2 aromatic carbocycles. The zero-order chi connectivity index (χ0) is 22.3. The molecule has 31 heavy (non-hydrogen) atoms. The second-order valence-corrected chi connectivity index (χ2v) is 9.58. The molecule has 8 heteroatoms. The molecule has 1 fully saturated rings. The van der Waals surface area contributed by atoms with Gasteiger partial charge in [-0.2, -0.15) is 0 Å². The van der Waals surface area contributed by atoms with E-state index in [9.17, 15) is 13.2 Å². The number of hydrogen-bond acceptors (Lipinski definition) is 5. The number of furan rings is 1. The second-order valence-electron chi connectivity index (χ2n) is 7.96. The van der Waals surface area contributed by atoms with Crippen LogP contribution >= 0.6 is 0 Å². The van der Waals surface area contributed by atoms with Crippen LogP contribution in [0.1, 0.15) is 32.8 Å². The van der Waals surface area contributed by atoms with E-state index >= 15 is 0 Å². The fraction of sp³-hybridized carbons (Fsp3) is 0.348. The van der Waals surface area contributed by atoms with Crippen molar-refractivity contribution in [3.05, 3.63) is 58.3 Å². The fourth-order valence-corrected chi connectivity index (χ4v) is 5.32. The summed E-state index contributed by atoms with van der Waals surface area (Å²) in [6.45, 7) is 9.24. The van der Waals surface area contributed by atoms with Crippen LogP contribution in [0.3, 0.4) is 0 Å². The topological polar surface area (TPSA) is 88.9 Å². The Morgan fingerprint density at radius 2 is 1.65 bits per heavy atom. The first-order chi connectivity index (χ1) is 14.7. The van der Waals surface area contributed by atoms with E-state index in [1.807, 2.05) is 32.0 Å². The van der Waals surface area contributed by atoms with Crippen molar-refractivity contribution in [1.29, 1.82) is 0 Å². The van der Waals surface area contributed by atoms with Crippen LogP contribution in [0.2, 0.25) is 0 Å². The van der Waals surface area contributed by atoms with Crippen LogP contribution in [-0.4, -0.2) is 45.5 Å². The van der Waals surface area contributed by atoms with Crippen molar-refractivity contribution in [2.75, 3.05) is 31.0 Å². The zero-order valence-electron chi connectivity index (χ0n) is 18.1. The predicted molar refractivity (Wildman–Crippen MR) is 119 cm³/mol. The van der Waals surface area contributed by atoms with Gasteiger partial charge in [0, 0.05) is 29.7 Å². The molecule has 3 aromatic rings. The standard InChI is InChI=1S/C23H26N2O5S/c1-14-5-7-18(8-6-14)24-31(27,28)22-16(3)15(2)13-19-17(4)20(30-21(19)22)23(26)25-9-11-29-12-10-25/h5-8,13,24H,9-12H2,1-4H3. The highest BCUT2D eigenvalue weighted by atomic mass is 32.2. The Labute approximate surface area is 182 Å². The number of sulfonamides is 1. The summed E-state index contributed by atoms with van der Waals surface area (Å²) in [5, 5.41) is 0.629. The first-order valence-corrected chi connectivity index (χ1v) is 11.7. The van der Waals surface area contributed by atoms with Crippen LogP contribution in [0.25, 0.3) is 11.0 Å². The van der Waals surface area contributed by atoms with Gasteiger partial charge in [-0.1, -0.05) is 17.7 Å². The maximum atomic E-state index is 13.4. The van der Waals surface area contributed by atoms with Gasteiger partial charge >= 0.3 is 0 Å². The van der Waals surface area contributed by atoms with Crippen molar-refractivity contribution in [3.63, 3.8) is 0 Å². The maximum Gasteiger partial charge on any atom is 0.290 e. The third-order valence-corrected chi connectivity index (χ3v) is 7.29. The molecule has 0 unspecified atom stereocenters. The molecule has 1 N–H and O–H groups in total. The molecule has 0 radical (unpaired) electrons. The maximum absolute atomic E-state index is 13.4. The van der Waals surface area contributed by atoms with Crippen LogP contribution in [0.5, 0.6) is 0 Å². The Hall–Kier alpha value is -2.84. The SMILES string of the molecule is Cc1ccc(NS(=O)(=O)c2c(C)c(C)cc3c(C)c(C(=O)N4CCOCC4)oc23)cc1. The van der Waals surface area contributed by atoms with Crippen molar-refractivity contribution >= 4 is 32.6 Å². The van der Waals surface area contributed by atoms with Gasteiger partial charge in [0.05, 0.1) is 13.2 Å². The van der Waals surface area contributed by atoms with Gasteiger partial charge in [-0.05, 0) is 57.0 Å². The molecular weight excluding hydrogens is 416 g/mol. The molecule has 1 aliphatic heterocycles. The molecule has 0 aliphatic carbocycles. The minimum atomic E-state index is -3.95. The van der Waals surface area contributed by atoms with Gasteiger partial charge in [-0.3, -0.25) is 9.52 Å². The summed E-state index contributed by atoms with van der Waals surface area (Å²) in [5.74, 6) is -0.0733. The lowest BCUT2D eigenvalue weighted by Gasteiger charge is -2.26. The summed E-state index contributed by atoms with van der Waals surface area (Å²) in [5.41, 5.74) is 3.74. The normalized spacial score (nSPS) is 14.8. The minimum absolute atomic E-state index is 0.0622. The highest BCUT2D eigenvalue weighted by Crippen LogP contribution is 2.36. The summed E-state index contributed by atoms with van der Waals surface area (Å²) < 4.78 is 40.7. The van der Waals surface area contributed by atoms with E-state index < -0.39 is 10.0 Å². The number of hydrogen-bond donors (Lipinski definition) is 1. The summed E-state index contributed by atoms with van der Waals surface area (Å²) in [4.78, 5) is 14.8. The van der Waals surface area contributed by atoms with Crippen molar-refractivity contribution in [1.82, 2.24) is 4.90 Å². The molecule has 1 aliphatic rings. The number of carbonyl (C=O) groups is 1.